The zero-order valence-corrected chi connectivity index (χ0v) is 19.8. The van der Waals surface area contributed by atoms with Gasteiger partial charge in [0.15, 0.2) is 11.5 Å². The minimum Gasteiger partial charge on any atom is -0.493 e. The van der Waals surface area contributed by atoms with Gasteiger partial charge in [-0.3, -0.25) is 9.59 Å². The number of amides is 2. The molecule has 1 atom stereocenters. The normalized spacial score (nSPS) is 15.2. The maximum atomic E-state index is 13.2. The van der Waals surface area contributed by atoms with Crippen LogP contribution in [-0.2, 0) is 14.8 Å². The topological polar surface area (TPSA) is 114 Å². The van der Waals surface area contributed by atoms with Crippen molar-refractivity contribution in [2.24, 2.45) is 0 Å². The molecule has 2 amide bonds. The molecule has 1 saturated heterocycles. The van der Waals surface area contributed by atoms with Crippen molar-refractivity contribution in [3.8, 4) is 11.5 Å². The Morgan fingerprint density at radius 3 is 2.34 bits per heavy atom. The lowest BCUT2D eigenvalue weighted by Gasteiger charge is -2.28. The van der Waals surface area contributed by atoms with Crippen LogP contribution in [0.3, 0.4) is 0 Å². The molecule has 1 fully saturated rings. The maximum absolute atomic E-state index is 13.2. The van der Waals surface area contributed by atoms with Gasteiger partial charge in [0.05, 0.1) is 31.5 Å². The van der Waals surface area contributed by atoms with Gasteiger partial charge in [-0.1, -0.05) is 6.07 Å². The third-order valence-corrected chi connectivity index (χ3v) is 8.08. The molecule has 0 bridgehead atoms. The van der Waals surface area contributed by atoms with Crippen molar-refractivity contribution in [2.75, 3.05) is 32.6 Å². The number of thiophene rings is 1. The monoisotopic (exact) mass is 481 g/mol. The zero-order valence-electron chi connectivity index (χ0n) is 18.2. The molecule has 2 aromatic rings. The molecular weight excluding hydrogens is 454 g/mol. The van der Waals surface area contributed by atoms with E-state index in [1.165, 1.54) is 39.3 Å². The number of carbonyl (C=O) groups excluding carboxylic acids is 2. The number of sulfonamides is 1. The summed E-state index contributed by atoms with van der Waals surface area (Å²) in [5.41, 5.74) is 0.483. The Bertz CT molecular complexity index is 1060. The smallest absolute Gasteiger partial charge is 0.256 e. The quantitative estimate of drug-likeness (QED) is 0.599. The van der Waals surface area contributed by atoms with Crippen LogP contribution in [0, 0.1) is 0 Å². The highest BCUT2D eigenvalue weighted by atomic mass is 32.2. The van der Waals surface area contributed by atoms with Gasteiger partial charge in [-0.25, -0.2) is 8.42 Å². The fraction of sp³-hybridized carbons (Fsp3) is 0.429. The predicted molar refractivity (Wildman–Crippen MR) is 122 cm³/mol. The molecule has 1 aliphatic rings. The minimum absolute atomic E-state index is 0.115. The minimum atomic E-state index is -3.83. The van der Waals surface area contributed by atoms with E-state index in [1.54, 1.807) is 16.3 Å². The fourth-order valence-corrected chi connectivity index (χ4v) is 5.64. The Balaban J connectivity index is 1.86. The number of benzene rings is 1. The first-order valence-electron chi connectivity index (χ1n) is 10.2. The molecule has 1 unspecified atom stereocenters. The van der Waals surface area contributed by atoms with E-state index in [2.05, 4.69) is 10.0 Å². The summed E-state index contributed by atoms with van der Waals surface area (Å²) in [5, 5.41) is 4.32. The largest absolute Gasteiger partial charge is 0.493 e. The molecule has 0 radical (unpaired) electrons. The standard InChI is InChI=1S/C21H27N3O6S2/c1-14(23-32(27,28)19-8-7-11-31-19)20(25)22-16-13-18(30-3)17(29-2)12-15(16)21(26)24-9-5-4-6-10-24/h7-8,11-14,23H,4-6,9-10H2,1-3H3,(H,22,25). The predicted octanol–water partition coefficient (Wildman–Crippen LogP) is 2.70. The fourth-order valence-electron chi connectivity index (χ4n) is 3.43. The number of ether oxygens (including phenoxy) is 2. The van der Waals surface area contributed by atoms with Crippen LogP contribution in [0.4, 0.5) is 5.69 Å². The van der Waals surface area contributed by atoms with Gasteiger partial charge >= 0.3 is 0 Å². The Kier molecular flexibility index (Phi) is 7.75. The van der Waals surface area contributed by atoms with Gasteiger partial charge < -0.3 is 19.7 Å². The Morgan fingerprint density at radius 1 is 1.09 bits per heavy atom. The van der Waals surface area contributed by atoms with Gasteiger partial charge in [0, 0.05) is 19.2 Å². The van der Waals surface area contributed by atoms with Gasteiger partial charge in [-0.05, 0) is 43.7 Å². The molecule has 0 aliphatic carbocycles. The van der Waals surface area contributed by atoms with Crippen LogP contribution < -0.4 is 19.5 Å². The number of piperidine rings is 1. The highest BCUT2D eigenvalue weighted by Crippen LogP contribution is 2.34. The maximum Gasteiger partial charge on any atom is 0.256 e. The van der Waals surface area contributed by atoms with Crippen molar-refractivity contribution in [3.63, 3.8) is 0 Å². The van der Waals surface area contributed by atoms with E-state index in [9.17, 15) is 18.0 Å². The van der Waals surface area contributed by atoms with Crippen molar-refractivity contribution < 1.29 is 27.5 Å². The number of hydrogen-bond acceptors (Lipinski definition) is 7. The molecule has 11 heteroatoms. The summed E-state index contributed by atoms with van der Waals surface area (Å²) in [5.74, 6) is -0.139. The molecule has 32 heavy (non-hydrogen) atoms. The van der Waals surface area contributed by atoms with Crippen molar-refractivity contribution in [3.05, 3.63) is 35.2 Å². The zero-order chi connectivity index (χ0) is 23.3. The molecule has 174 valence electrons. The first-order valence-corrected chi connectivity index (χ1v) is 12.5. The summed E-state index contributed by atoms with van der Waals surface area (Å²) in [4.78, 5) is 27.8. The Hall–Kier alpha value is -2.63. The van der Waals surface area contributed by atoms with Gasteiger partial charge in [0.25, 0.3) is 15.9 Å². The van der Waals surface area contributed by atoms with E-state index in [-0.39, 0.29) is 21.4 Å². The molecule has 3 rings (SSSR count). The number of likely N-dealkylation sites (tertiary alicyclic amines) is 1. The highest BCUT2D eigenvalue weighted by molar-refractivity contribution is 7.91. The van der Waals surface area contributed by atoms with Gasteiger partial charge in [-0.15, -0.1) is 11.3 Å². The van der Waals surface area contributed by atoms with E-state index < -0.39 is 22.0 Å². The van der Waals surface area contributed by atoms with E-state index in [0.29, 0.717) is 24.6 Å². The molecule has 0 spiro atoms. The van der Waals surface area contributed by atoms with E-state index in [1.807, 2.05) is 0 Å². The highest BCUT2D eigenvalue weighted by Gasteiger charge is 2.27. The third kappa shape index (κ3) is 5.40. The lowest BCUT2D eigenvalue weighted by Crippen LogP contribution is -2.42. The van der Waals surface area contributed by atoms with Crippen LogP contribution in [0.25, 0.3) is 0 Å². The number of anilines is 1. The summed E-state index contributed by atoms with van der Waals surface area (Å²) >= 11 is 1.06. The molecule has 2 heterocycles. The van der Waals surface area contributed by atoms with Crippen LogP contribution in [0.1, 0.15) is 36.5 Å². The van der Waals surface area contributed by atoms with Crippen LogP contribution >= 0.6 is 11.3 Å². The number of rotatable bonds is 8. The van der Waals surface area contributed by atoms with Gasteiger partial charge in [-0.2, -0.15) is 4.72 Å². The number of hydrogen-bond donors (Lipinski definition) is 2. The van der Waals surface area contributed by atoms with Crippen LogP contribution in [0.5, 0.6) is 11.5 Å². The number of nitrogens with one attached hydrogen (secondary N) is 2. The van der Waals surface area contributed by atoms with Gasteiger partial charge in [0.2, 0.25) is 5.91 Å². The van der Waals surface area contributed by atoms with Crippen molar-refractivity contribution in [1.82, 2.24) is 9.62 Å². The summed E-state index contributed by atoms with van der Waals surface area (Å²) in [7, 11) is -0.916. The van der Waals surface area contributed by atoms with Crippen molar-refractivity contribution in [1.29, 1.82) is 0 Å². The SMILES string of the molecule is COc1cc(NC(=O)C(C)NS(=O)(=O)c2cccs2)c(C(=O)N2CCCCC2)cc1OC. The van der Waals surface area contributed by atoms with E-state index in [4.69, 9.17) is 9.47 Å². The summed E-state index contributed by atoms with van der Waals surface area (Å²) in [6, 6.07) is 5.04. The van der Waals surface area contributed by atoms with E-state index in [0.717, 1.165) is 30.6 Å². The summed E-state index contributed by atoms with van der Waals surface area (Å²) in [6.45, 7) is 2.71. The number of methoxy groups -OCH3 is 2. The molecule has 0 saturated carbocycles. The molecule has 9 nitrogen and oxygen atoms in total. The van der Waals surface area contributed by atoms with E-state index >= 15 is 0 Å². The average molecular weight is 482 g/mol. The second kappa shape index (κ2) is 10.3. The second-order valence-electron chi connectivity index (χ2n) is 7.37. The number of nitrogens with zero attached hydrogens (tertiary/aromatic N) is 1. The van der Waals surface area contributed by atoms with Crippen LogP contribution in [0.15, 0.2) is 33.9 Å². The summed E-state index contributed by atoms with van der Waals surface area (Å²) in [6.07, 6.45) is 2.91. The molecule has 2 N–H and O–H groups in total. The third-order valence-electron chi connectivity index (χ3n) is 5.14. The van der Waals surface area contributed by atoms with Crippen LogP contribution in [0.2, 0.25) is 0 Å². The second-order valence-corrected chi connectivity index (χ2v) is 10.3. The lowest BCUT2D eigenvalue weighted by atomic mass is 10.1. The molecular formula is C21H27N3O6S2. The average Bonchev–Trinajstić information content (AvgIpc) is 3.34. The molecule has 1 aromatic carbocycles. The lowest BCUT2D eigenvalue weighted by molar-refractivity contribution is -0.117. The van der Waals surface area contributed by atoms with Crippen LogP contribution in [-0.4, -0.2) is 58.5 Å². The first-order chi connectivity index (χ1) is 15.3. The molecule has 1 aliphatic heterocycles. The van der Waals surface area contributed by atoms with Crippen molar-refractivity contribution >= 4 is 38.9 Å². The Morgan fingerprint density at radius 2 is 1.75 bits per heavy atom. The number of carbonyl (C=O) groups is 2. The van der Waals surface area contributed by atoms with Gasteiger partial charge in [0.1, 0.15) is 4.21 Å². The molecule has 1 aromatic heterocycles. The summed E-state index contributed by atoms with van der Waals surface area (Å²) < 4.78 is 38.0. The Labute approximate surface area is 191 Å². The van der Waals surface area contributed by atoms with Crippen molar-refractivity contribution in [2.45, 2.75) is 36.4 Å². The first kappa shape index (κ1) is 24.0.